The number of hydrogen-bond acceptors (Lipinski definition) is 3. The van der Waals surface area contributed by atoms with Crippen molar-refractivity contribution in [2.24, 2.45) is 0 Å². The fraction of sp³-hybridized carbons (Fsp3) is 0.533. The smallest absolute Gasteiger partial charge is 0.249 e. The van der Waals surface area contributed by atoms with Crippen LogP contribution in [-0.4, -0.2) is 18.1 Å². The van der Waals surface area contributed by atoms with Crippen molar-refractivity contribution in [3.8, 4) is 0 Å². The third-order valence-corrected chi connectivity index (χ3v) is 3.18. The van der Waals surface area contributed by atoms with Gasteiger partial charge in [0.15, 0.2) is 0 Å². The second-order valence-corrected chi connectivity index (χ2v) is 4.72. The molecule has 0 heterocycles. The zero-order chi connectivity index (χ0) is 14.3. The standard InChI is InChI=1S/C15H24N2O2/c1-4-14(5-2)17-15(18)11(3)19-10-12-6-8-13(16)9-7-12/h6-9,11,14H,4-5,10,16H2,1-3H3,(H,17,18). The van der Waals surface area contributed by atoms with Crippen LogP contribution < -0.4 is 11.1 Å². The van der Waals surface area contributed by atoms with E-state index in [0.717, 1.165) is 24.1 Å². The molecule has 0 bridgehead atoms. The molecule has 0 radical (unpaired) electrons. The maximum absolute atomic E-state index is 11.9. The lowest BCUT2D eigenvalue weighted by Crippen LogP contribution is -2.40. The zero-order valence-corrected chi connectivity index (χ0v) is 12.0. The molecule has 4 heteroatoms. The molecule has 3 N–H and O–H groups in total. The number of anilines is 1. The minimum absolute atomic E-state index is 0.0517. The molecule has 0 aliphatic carbocycles. The monoisotopic (exact) mass is 264 g/mol. The third kappa shape index (κ3) is 5.30. The van der Waals surface area contributed by atoms with E-state index >= 15 is 0 Å². The Kier molecular flexibility index (Phi) is 6.36. The number of ether oxygens (including phenoxy) is 1. The Balaban J connectivity index is 2.39. The molecule has 0 fully saturated rings. The van der Waals surface area contributed by atoms with Gasteiger partial charge in [-0.25, -0.2) is 0 Å². The van der Waals surface area contributed by atoms with Crippen molar-refractivity contribution in [1.29, 1.82) is 0 Å². The summed E-state index contributed by atoms with van der Waals surface area (Å²) in [4.78, 5) is 11.9. The molecule has 0 saturated carbocycles. The van der Waals surface area contributed by atoms with Gasteiger partial charge in [-0.3, -0.25) is 4.79 Å². The second kappa shape index (κ2) is 7.79. The summed E-state index contributed by atoms with van der Waals surface area (Å²) in [6.07, 6.45) is 1.43. The molecule has 0 spiro atoms. The average Bonchev–Trinajstić information content (AvgIpc) is 2.43. The highest BCUT2D eigenvalue weighted by atomic mass is 16.5. The number of nitrogens with two attached hydrogens (primary N) is 1. The van der Waals surface area contributed by atoms with E-state index in [1.807, 2.05) is 24.3 Å². The molecule has 19 heavy (non-hydrogen) atoms. The van der Waals surface area contributed by atoms with Gasteiger partial charge in [0.25, 0.3) is 0 Å². The molecule has 1 aromatic carbocycles. The van der Waals surface area contributed by atoms with E-state index < -0.39 is 6.10 Å². The molecule has 1 aromatic rings. The first-order valence-electron chi connectivity index (χ1n) is 6.83. The van der Waals surface area contributed by atoms with Crippen LogP contribution in [0, 0.1) is 0 Å². The number of amides is 1. The zero-order valence-electron chi connectivity index (χ0n) is 12.0. The number of rotatable bonds is 7. The number of benzene rings is 1. The van der Waals surface area contributed by atoms with Crippen molar-refractivity contribution < 1.29 is 9.53 Å². The van der Waals surface area contributed by atoms with Gasteiger partial charge in [-0.1, -0.05) is 26.0 Å². The summed E-state index contributed by atoms with van der Waals surface area (Å²) in [7, 11) is 0. The molecule has 0 aliphatic heterocycles. The van der Waals surface area contributed by atoms with Gasteiger partial charge in [0.1, 0.15) is 6.10 Å². The quantitative estimate of drug-likeness (QED) is 0.744. The van der Waals surface area contributed by atoms with Gasteiger partial charge >= 0.3 is 0 Å². The number of carbonyl (C=O) groups is 1. The fourth-order valence-corrected chi connectivity index (χ4v) is 1.72. The maximum atomic E-state index is 11.9. The predicted octanol–water partition coefficient (Wildman–Crippen LogP) is 2.48. The van der Waals surface area contributed by atoms with Crippen molar-refractivity contribution in [3.05, 3.63) is 29.8 Å². The van der Waals surface area contributed by atoms with Crippen molar-refractivity contribution in [3.63, 3.8) is 0 Å². The van der Waals surface area contributed by atoms with Crippen molar-refractivity contribution in [2.75, 3.05) is 5.73 Å². The highest BCUT2D eigenvalue weighted by Gasteiger charge is 2.16. The van der Waals surface area contributed by atoms with E-state index in [1.165, 1.54) is 0 Å². The van der Waals surface area contributed by atoms with Gasteiger partial charge < -0.3 is 15.8 Å². The Morgan fingerprint density at radius 2 is 1.84 bits per heavy atom. The van der Waals surface area contributed by atoms with Gasteiger partial charge in [-0.2, -0.15) is 0 Å². The van der Waals surface area contributed by atoms with Crippen LogP contribution in [0.2, 0.25) is 0 Å². The molecule has 1 atom stereocenters. The van der Waals surface area contributed by atoms with Crippen LogP contribution >= 0.6 is 0 Å². The van der Waals surface area contributed by atoms with Crippen LogP contribution in [0.25, 0.3) is 0 Å². The Labute approximate surface area is 115 Å². The van der Waals surface area contributed by atoms with E-state index in [9.17, 15) is 4.79 Å². The van der Waals surface area contributed by atoms with E-state index in [4.69, 9.17) is 10.5 Å². The van der Waals surface area contributed by atoms with Crippen LogP contribution in [0.3, 0.4) is 0 Å². The summed E-state index contributed by atoms with van der Waals surface area (Å²) in [5, 5.41) is 2.98. The summed E-state index contributed by atoms with van der Waals surface area (Å²) < 4.78 is 5.57. The largest absolute Gasteiger partial charge is 0.399 e. The number of nitrogen functional groups attached to an aromatic ring is 1. The van der Waals surface area contributed by atoms with E-state index in [-0.39, 0.29) is 11.9 Å². The Morgan fingerprint density at radius 1 is 1.26 bits per heavy atom. The first-order chi connectivity index (χ1) is 9.06. The highest BCUT2D eigenvalue weighted by Crippen LogP contribution is 2.08. The topological polar surface area (TPSA) is 64.3 Å². The number of nitrogens with one attached hydrogen (secondary N) is 1. The van der Waals surface area contributed by atoms with Gasteiger partial charge in [0.2, 0.25) is 5.91 Å². The van der Waals surface area contributed by atoms with Crippen LogP contribution in [0.15, 0.2) is 24.3 Å². The molecule has 1 amide bonds. The summed E-state index contributed by atoms with van der Waals surface area (Å²) >= 11 is 0. The minimum atomic E-state index is -0.446. The van der Waals surface area contributed by atoms with Crippen LogP contribution in [0.1, 0.15) is 39.2 Å². The normalized spacial score (nSPS) is 12.4. The van der Waals surface area contributed by atoms with Crippen LogP contribution in [0.4, 0.5) is 5.69 Å². The predicted molar refractivity (Wildman–Crippen MR) is 77.6 cm³/mol. The summed E-state index contributed by atoms with van der Waals surface area (Å²) in [5.41, 5.74) is 7.35. The second-order valence-electron chi connectivity index (χ2n) is 4.72. The maximum Gasteiger partial charge on any atom is 0.249 e. The fourth-order valence-electron chi connectivity index (χ4n) is 1.72. The van der Waals surface area contributed by atoms with Crippen molar-refractivity contribution >= 4 is 11.6 Å². The molecule has 0 saturated heterocycles. The molecule has 1 rings (SSSR count). The van der Waals surface area contributed by atoms with Crippen molar-refractivity contribution in [1.82, 2.24) is 5.32 Å². The first-order valence-corrected chi connectivity index (χ1v) is 6.83. The summed E-state index contributed by atoms with van der Waals surface area (Å²) in [6, 6.07) is 7.69. The van der Waals surface area contributed by atoms with Crippen molar-refractivity contribution in [2.45, 2.75) is 52.4 Å². The summed E-state index contributed by atoms with van der Waals surface area (Å²) in [6.45, 7) is 6.31. The molecule has 0 aliphatic rings. The van der Waals surface area contributed by atoms with Gasteiger partial charge in [0.05, 0.1) is 6.61 Å². The lowest BCUT2D eigenvalue weighted by molar-refractivity contribution is -0.133. The molecular weight excluding hydrogens is 240 g/mol. The molecule has 106 valence electrons. The lowest BCUT2D eigenvalue weighted by atomic mass is 10.1. The van der Waals surface area contributed by atoms with E-state index in [2.05, 4.69) is 19.2 Å². The van der Waals surface area contributed by atoms with E-state index in [0.29, 0.717) is 6.61 Å². The molecule has 1 unspecified atom stereocenters. The van der Waals surface area contributed by atoms with Gasteiger partial charge in [0, 0.05) is 11.7 Å². The van der Waals surface area contributed by atoms with Crippen LogP contribution in [0.5, 0.6) is 0 Å². The Bertz CT molecular complexity index is 386. The third-order valence-electron chi connectivity index (χ3n) is 3.18. The molecule has 4 nitrogen and oxygen atoms in total. The molecule has 0 aromatic heterocycles. The molecular formula is C15H24N2O2. The Morgan fingerprint density at radius 3 is 2.37 bits per heavy atom. The van der Waals surface area contributed by atoms with E-state index in [1.54, 1.807) is 6.92 Å². The Hall–Kier alpha value is -1.55. The van der Waals surface area contributed by atoms with Crippen LogP contribution in [-0.2, 0) is 16.1 Å². The lowest BCUT2D eigenvalue weighted by Gasteiger charge is -2.18. The average molecular weight is 264 g/mol. The summed E-state index contributed by atoms with van der Waals surface area (Å²) in [5.74, 6) is -0.0517. The highest BCUT2D eigenvalue weighted by molar-refractivity contribution is 5.80. The first kappa shape index (κ1) is 15.5. The SMILES string of the molecule is CCC(CC)NC(=O)C(C)OCc1ccc(N)cc1. The minimum Gasteiger partial charge on any atom is -0.399 e. The number of hydrogen-bond donors (Lipinski definition) is 2. The van der Waals surface area contributed by atoms with Gasteiger partial charge in [-0.05, 0) is 37.5 Å². The van der Waals surface area contributed by atoms with Gasteiger partial charge in [-0.15, -0.1) is 0 Å². The number of carbonyl (C=O) groups excluding carboxylic acids is 1.